The predicted octanol–water partition coefficient (Wildman–Crippen LogP) is 1.76. The first-order chi connectivity index (χ1) is 15.7. The van der Waals surface area contributed by atoms with Gasteiger partial charge in [0.1, 0.15) is 6.10 Å². The monoisotopic (exact) mass is 478 g/mol. The minimum Gasteiger partial charge on any atom is -0.459 e. The Morgan fingerprint density at radius 3 is 2.47 bits per heavy atom. The van der Waals surface area contributed by atoms with Gasteiger partial charge in [0.25, 0.3) is 0 Å². The highest BCUT2D eigenvalue weighted by Crippen LogP contribution is 2.70. The number of ether oxygens (including phenoxy) is 2. The summed E-state index contributed by atoms with van der Waals surface area (Å²) in [4.78, 5) is 48.4. The third-order valence-corrected chi connectivity index (χ3v) is 8.98. The molecule has 3 fully saturated rings. The van der Waals surface area contributed by atoms with E-state index < -0.39 is 70.5 Å². The SMILES string of the molecule is CC(=O)OCC(=O)[C@@]1(O)[C@H](OC(C)=O)CC2[C@@H]3CCC4=CC(=O)C=C[C@]4(C)[C@@]3(F)C(O)C[C@@]21C. The number of carbonyl (C=O) groups is 4. The number of fused-ring (bicyclic) bond motifs is 5. The third-order valence-electron chi connectivity index (χ3n) is 8.98. The van der Waals surface area contributed by atoms with E-state index in [4.69, 9.17) is 9.47 Å². The first-order valence-electron chi connectivity index (χ1n) is 11.6. The lowest BCUT2D eigenvalue weighted by Crippen LogP contribution is -2.70. The minimum atomic E-state index is -2.28. The largest absolute Gasteiger partial charge is 0.459 e. The molecular weight excluding hydrogens is 447 g/mol. The van der Waals surface area contributed by atoms with Gasteiger partial charge in [-0.3, -0.25) is 19.2 Å². The van der Waals surface area contributed by atoms with Gasteiger partial charge >= 0.3 is 11.9 Å². The summed E-state index contributed by atoms with van der Waals surface area (Å²) in [5.41, 5.74) is -6.42. The van der Waals surface area contributed by atoms with Crippen LogP contribution < -0.4 is 0 Å². The summed E-state index contributed by atoms with van der Waals surface area (Å²) >= 11 is 0. The van der Waals surface area contributed by atoms with E-state index in [-0.39, 0.29) is 25.0 Å². The summed E-state index contributed by atoms with van der Waals surface area (Å²) in [7, 11) is 0. The molecule has 3 saturated carbocycles. The van der Waals surface area contributed by atoms with Crippen molar-refractivity contribution in [3.8, 4) is 0 Å². The quantitative estimate of drug-likeness (QED) is 0.586. The van der Waals surface area contributed by atoms with Gasteiger partial charge in [-0.1, -0.05) is 18.6 Å². The Kier molecular flexibility index (Phi) is 5.68. The fourth-order valence-electron chi connectivity index (χ4n) is 7.31. The number of rotatable bonds is 4. The highest BCUT2D eigenvalue weighted by Gasteiger charge is 2.77. The lowest BCUT2D eigenvalue weighted by molar-refractivity contribution is -0.224. The van der Waals surface area contributed by atoms with E-state index in [2.05, 4.69) is 0 Å². The second kappa shape index (κ2) is 7.81. The van der Waals surface area contributed by atoms with Gasteiger partial charge in [0.15, 0.2) is 23.7 Å². The third kappa shape index (κ3) is 3.09. The van der Waals surface area contributed by atoms with Gasteiger partial charge in [-0.2, -0.15) is 0 Å². The molecule has 8 nitrogen and oxygen atoms in total. The van der Waals surface area contributed by atoms with Gasteiger partial charge in [0.05, 0.1) is 6.10 Å². The van der Waals surface area contributed by atoms with E-state index in [0.717, 1.165) is 13.8 Å². The molecule has 2 unspecified atom stereocenters. The minimum absolute atomic E-state index is 0.0131. The van der Waals surface area contributed by atoms with Crippen LogP contribution in [0.2, 0.25) is 0 Å². The van der Waals surface area contributed by atoms with Gasteiger partial charge in [0.2, 0.25) is 5.78 Å². The van der Waals surface area contributed by atoms with Gasteiger partial charge in [-0.05, 0) is 50.7 Å². The van der Waals surface area contributed by atoms with Gasteiger partial charge in [-0.25, -0.2) is 4.39 Å². The molecule has 9 heteroatoms. The number of hydrogen-bond acceptors (Lipinski definition) is 8. The zero-order valence-electron chi connectivity index (χ0n) is 19.8. The van der Waals surface area contributed by atoms with Crippen molar-refractivity contribution >= 4 is 23.5 Å². The topological polar surface area (TPSA) is 127 Å². The van der Waals surface area contributed by atoms with Crippen LogP contribution >= 0.6 is 0 Å². The first-order valence-corrected chi connectivity index (χ1v) is 11.6. The number of halogens is 1. The molecule has 4 rings (SSSR count). The number of allylic oxidation sites excluding steroid dienone is 4. The Bertz CT molecular complexity index is 1020. The molecule has 0 saturated heterocycles. The molecule has 34 heavy (non-hydrogen) atoms. The normalized spacial score (nSPS) is 44.9. The number of esters is 2. The van der Waals surface area contributed by atoms with E-state index in [1.807, 2.05) is 0 Å². The summed E-state index contributed by atoms with van der Waals surface area (Å²) in [6.45, 7) is 4.80. The van der Waals surface area contributed by atoms with Gasteiger partial charge in [0, 0.05) is 30.6 Å². The number of aliphatic hydroxyl groups excluding tert-OH is 1. The fraction of sp³-hybridized carbons (Fsp3) is 0.680. The molecule has 2 N–H and O–H groups in total. The Morgan fingerprint density at radius 2 is 1.85 bits per heavy atom. The van der Waals surface area contributed by atoms with Crippen molar-refractivity contribution in [2.24, 2.45) is 22.7 Å². The van der Waals surface area contributed by atoms with E-state index in [1.165, 1.54) is 18.2 Å². The standard InChI is InChI=1S/C25H31FO8/c1-13(27)33-12-20(31)25(32)21(34-14(2)28)10-18-17-6-5-15-9-16(29)7-8-22(15,3)24(17,26)19(30)11-23(18,25)4/h7-9,17-19,21,30,32H,5-6,10-12H2,1-4H3/t17-,18?,19?,21+,22-,23-,24-,25+/m0/s1. The molecule has 0 aromatic rings. The van der Waals surface area contributed by atoms with Crippen LogP contribution in [0.5, 0.6) is 0 Å². The van der Waals surface area contributed by atoms with E-state index >= 15 is 4.39 Å². The zero-order chi connectivity index (χ0) is 25.3. The molecule has 0 aliphatic heterocycles. The second-order valence-corrected chi connectivity index (χ2v) is 10.6. The maximum atomic E-state index is 17.2. The fourth-order valence-corrected chi connectivity index (χ4v) is 7.31. The number of aliphatic hydroxyl groups is 2. The summed E-state index contributed by atoms with van der Waals surface area (Å²) in [5, 5.41) is 23.1. The molecule has 0 amide bonds. The van der Waals surface area contributed by atoms with Crippen LogP contribution in [0.15, 0.2) is 23.8 Å². The summed E-state index contributed by atoms with van der Waals surface area (Å²) < 4.78 is 27.4. The smallest absolute Gasteiger partial charge is 0.303 e. The second-order valence-electron chi connectivity index (χ2n) is 10.6. The molecule has 0 radical (unpaired) electrons. The van der Waals surface area contributed by atoms with Crippen molar-refractivity contribution in [2.45, 2.75) is 76.9 Å². The van der Waals surface area contributed by atoms with Crippen LogP contribution in [0.3, 0.4) is 0 Å². The van der Waals surface area contributed by atoms with Crippen molar-refractivity contribution < 1.29 is 43.3 Å². The van der Waals surface area contributed by atoms with Crippen molar-refractivity contribution in [3.63, 3.8) is 0 Å². The maximum Gasteiger partial charge on any atom is 0.303 e. The number of alkyl halides is 1. The summed E-state index contributed by atoms with van der Waals surface area (Å²) in [5.74, 6) is -3.93. The molecule has 8 atom stereocenters. The molecule has 0 heterocycles. The van der Waals surface area contributed by atoms with Crippen molar-refractivity contribution in [3.05, 3.63) is 23.8 Å². The van der Waals surface area contributed by atoms with Gasteiger partial charge in [-0.15, -0.1) is 0 Å². The van der Waals surface area contributed by atoms with Crippen molar-refractivity contribution in [2.75, 3.05) is 6.61 Å². The lowest BCUT2D eigenvalue weighted by atomic mass is 9.44. The Morgan fingerprint density at radius 1 is 1.18 bits per heavy atom. The van der Waals surface area contributed by atoms with Crippen LogP contribution in [0.1, 0.15) is 53.4 Å². The zero-order valence-corrected chi connectivity index (χ0v) is 19.8. The molecule has 4 aliphatic rings. The number of Topliss-reactive ketones (excluding diaryl/α,β-unsaturated/α-hetero) is 1. The van der Waals surface area contributed by atoms with Crippen LogP contribution in [0.4, 0.5) is 4.39 Å². The highest BCUT2D eigenvalue weighted by molar-refractivity contribution is 6.01. The number of hydrogen-bond donors (Lipinski definition) is 2. The number of carbonyl (C=O) groups excluding carboxylic acids is 4. The van der Waals surface area contributed by atoms with Crippen LogP contribution in [-0.2, 0) is 28.7 Å². The van der Waals surface area contributed by atoms with E-state index in [1.54, 1.807) is 13.8 Å². The maximum absolute atomic E-state index is 17.2. The molecule has 4 aliphatic carbocycles. The first kappa shape index (κ1) is 24.7. The van der Waals surface area contributed by atoms with Crippen LogP contribution in [0.25, 0.3) is 0 Å². The summed E-state index contributed by atoms with van der Waals surface area (Å²) in [6, 6.07) is 0. The van der Waals surface area contributed by atoms with Crippen LogP contribution in [-0.4, -0.2) is 63.8 Å². The molecule has 0 aromatic carbocycles. The van der Waals surface area contributed by atoms with Crippen molar-refractivity contribution in [1.29, 1.82) is 0 Å². The summed E-state index contributed by atoms with van der Waals surface area (Å²) in [6.07, 6.45) is 1.82. The number of ketones is 2. The Balaban J connectivity index is 1.80. The van der Waals surface area contributed by atoms with Crippen LogP contribution in [0, 0.1) is 22.7 Å². The molecule has 0 bridgehead atoms. The van der Waals surface area contributed by atoms with E-state index in [0.29, 0.717) is 12.0 Å². The molecule has 0 spiro atoms. The molecule has 0 aromatic heterocycles. The molecular formula is C25H31FO8. The highest BCUT2D eigenvalue weighted by atomic mass is 19.1. The Labute approximate surface area is 197 Å². The lowest BCUT2D eigenvalue weighted by Gasteiger charge is -2.62. The average Bonchev–Trinajstić information content (AvgIpc) is 2.95. The average molecular weight is 479 g/mol. The Hall–Kier alpha value is -2.39. The predicted molar refractivity (Wildman–Crippen MR) is 116 cm³/mol. The van der Waals surface area contributed by atoms with Crippen molar-refractivity contribution in [1.82, 2.24) is 0 Å². The molecule has 186 valence electrons. The van der Waals surface area contributed by atoms with E-state index in [9.17, 15) is 29.4 Å². The van der Waals surface area contributed by atoms with Gasteiger partial charge < -0.3 is 19.7 Å².